The van der Waals surface area contributed by atoms with Crippen LogP contribution in [0, 0.1) is 0 Å². The third-order valence-electron chi connectivity index (χ3n) is 1.28. The van der Waals surface area contributed by atoms with Crippen molar-refractivity contribution in [1.29, 1.82) is 0 Å². The van der Waals surface area contributed by atoms with Gasteiger partial charge in [0, 0.05) is 0 Å². The molecule has 0 heterocycles. The Labute approximate surface area is 81.6 Å². The number of halogens is 1. The van der Waals surface area contributed by atoms with Gasteiger partial charge in [-0.2, -0.15) is 0 Å². The van der Waals surface area contributed by atoms with Crippen molar-refractivity contribution in [2.24, 2.45) is 0 Å². The predicted octanol–water partition coefficient (Wildman–Crippen LogP) is -0.570. The molecule has 0 saturated carbocycles. The summed E-state index contributed by atoms with van der Waals surface area (Å²) in [4.78, 5) is 10.7. The van der Waals surface area contributed by atoms with Crippen LogP contribution < -0.4 is 5.46 Å². The Bertz CT molecular complexity index is 255. The number of alkyl halides is 1. The van der Waals surface area contributed by atoms with E-state index >= 15 is 0 Å². The first-order valence-electron chi connectivity index (χ1n) is 3.45. The summed E-state index contributed by atoms with van der Waals surface area (Å²) in [7, 11) is 1.24. The molecule has 0 fully saturated rings. The quantitative estimate of drug-likeness (QED) is 0.612. The molecule has 6 heteroatoms. The lowest BCUT2D eigenvalue weighted by molar-refractivity contribution is 0.120. The van der Waals surface area contributed by atoms with Gasteiger partial charge in [0.1, 0.15) is 0 Å². The molecule has 0 bridgehead atoms. The summed E-state index contributed by atoms with van der Waals surface area (Å²) in [5.74, 6) is -0.663. The molecule has 4 N–H and O–H groups in total. The van der Waals surface area contributed by atoms with Gasteiger partial charge < -0.3 is 15.7 Å². The van der Waals surface area contributed by atoms with Gasteiger partial charge in [-0.25, -0.2) is 4.39 Å². The molecule has 1 aromatic carbocycles. The Morgan fingerprint density at radius 3 is 2.36 bits per heavy atom. The average molecular weight is 201 g/mol. The maximum Gasteiger partial charge on any atom is 0.299 e. The van der Waals surface area contributed by atoms with Gasteiger partial charge in [-0.15, -0.1) is 0 Å². The molecule has 0 amide bonds. The topological polar surface area (TPSA) is 89.3 Å². The Balaban J connectivity index is 0. The Morgan fingerprint density at radius 2 is 1.86 bits per heavy atom. The zero-order valence-corrected chi connectivity index (χ0v) is 7.37. The van der Waals surface area contributed by atoms with Gasteiger partial charge in [0.15, 0.2) is 0 Å². The largest absolute Gasteiger partial charge is 0.442 e. The van der Waals surface area contributed by atoms with Crippen molar-refractivity contribution in [2.75, 3.05) is 6.86 Å². The molecule has 77 valence electrons. The first-order chi connectivity index (χ1) is 5.83. The molecule has 4 nitrogen and oxygen atoms in total. The number of hydrogen-bond donors (Lipinski definition) is 0. The number of benzene rings is 1. The number of carbonyl (C=O) groups excluding carboxylic acids is 1. The van der Waals surface area contributed by atoms with Crippen LogP contribution in [0.15, 0.2) is 30.3 Å². The second-order valence-corrected chi connectivity index (χ2v) is 2.13. The first kappa shape index (κ1) is 15.1. The summed E-state index contributed by atoms with van der Waals surface area (Å²) >= 11 is 0. The van der Waals surface area contributed by atoms with E-state index in [0.29, 0.717) is 5.46 Å². The van der Waals surface area contributed by atoms with Crippen LogP contribution >= 0.6 is 0 Å². The van der Waals surface area contributed by atoms with Crippen LogP contribution in [0.25, 0.3) is 0 Å². The van der Waals surface area contributed by atoms with Gasteiger partial charge in [-0.3, -0.25) is 4.79 Å². The average Bonchev–Trinajstić information content (AvgIpc) is 2.06. The van der Waals surface area contributed by atoms with Gasteiger partial charge in [-0.05, 0) is 0 Å². The van der Waals surface area contributed by atoms with Crippen LogP contribution in [-0.2, 0) is 4.74 Å². The molecular weight excluding hydrogens is 190 g/mol. The number of hydrogen-bond acceptors (Lipinski definition) is 2. The molecule has 1 radical (unpaired) electrons. The fourth-order valence-corrected chi connectivity index (χ4v) is 0.781. The minimum Gasteiger partial charge on any atom is -0.442 e. The van der Waals surface area contributed by atoms with E-state index in [1.807, 2.05) is 6.07 Å². The highest BCUT2D eigenvalue weighted by molar-refractivity contribution is 6.82. The summed E-state index contributed by atoms with van der Waals surface area (Å²) < 4.78 is 15.6. The molecule has 0 atom stereocenters. The van der Waals surface area contributed by atoms with E-state index < -0.39 is 12.7 Å². The van der Waals surface area contributed by atoms with E-state index in [2.05, 4.69) is 4.74 Å². The number of ether oxygens (including phenoxy) is 1. The van der Waals surface area contributed by atoms with Gasteiger partial charge in [0.05, 0.1) is 0 Å². The SMILES string of the molecule is O.O.O=C([B]c1ccccc1)OCF. The van der Waals surface area contributed by atoms with Crippen molar-refractivity contribution in [3.05, 3.63) is 30.3 Å². The molecule has 0 saturated heterocycles. The lowest BCUT2D eigenvalue weighted by Crippen LogP contribution is -2.23. The summed E-state index contributed by atoms with van der Waals surface area (Å²) in [6.07, 6.45) is 0. The minimum atomic E-state index is -1.08. The van der Waals surface area contributed by atoms with Crippen molar-refractivity contribution in [2.45, 2.75) is 0 Å². The van der Waals surface area contributed by atoms with Gasteiger partial charge in [0.2, 0.25) is 6.86 Å². The summed E-state index contributed by atoms with van der Waals surface area (Å²) in [5.41, 5.74) is 0.705. The van der Waals surface area contributed by atoms with E-state index in [-0.39, 0.29) is 11.0 Å². The number of carbonyl (C=O) groups is 1. The standard InChI is InChI=1S/C8H7BFO2.2H2O/c10-6-12-8(11)9-7-4-2-1-3-5-7;;/h1-5H,6H2;2*1H2. The third-order valence-corrected chi connectivity index (χ3v) is 1.28. The summed E-state index contributed by atoms with van der Waals surface area (Å²) in [5, 5.41) is 0. The molecule has 0 aliphatic carbocycles. The van der Waals surface area contributed by atoms with E-state index in [4.69, 9.17) is 0 Å². The highest BCUT2D eigenvalue weighted by Gasteiger charge is 2.05. The van der Waals surface area contributed by atoms with Crippen molar-refractivity contribution in [3.8, 4) is 0 Å². The molecule has 14 heavy (non-hydrogen) atoms. The van der Waals surface area contributed by atoms with E-state index in [0.717, 1.165) is 0 Å². The van der Waals surface area contributed by atoms with Crippen molar-refractivity contribution in [1.82, 2.24) is 0 Å². The van der Waals surface area contributed by atoms with E-state index in [1.165, 1.54) is 7.28 Å². The van der Waals surface area contributed by atoms with Crippen LogP contribution in [0.3, 0.4) is 0 Å². The minimum absolute atomic E-state index is 0. The van der Waals surface area contributed by atoms with E-state index in [1.54, 1.807) is 24.3 Å². The Hall–Kier alpha value is -1.40. The smallest absolute Gasteiger partial charge is 0.299 e. The lowest BCUT2D eigenvalue weighted by Gasteiger charge is -1.97. The van der Waals surface area contributed by atoms with Gasteiger partial charge >= 0.3 is 0 Å². The maximum absolute atomic E-state index is 11.5. The van der Waals surface area contributed by atoms with Crippen LogP contribution in [-0.4, -0.2) is 31.0 Å². The fraction of sp³-hybridized carbons (Fsp3) is 0.125. The second kappa shape index (κ2) is 8.21. The molecular formula is C8H11BFO4. The molecule has 0 aliphatic heterocycles. The molecule has 0 aromatic heterocycles. The van der Waals surface area contributed by atoms with Gasteiger partial charge in [0.25, 0.3) is 13.1 Å². The first-order valence-corrected chi connectivity index (χ1v) is 3.45. The third kappa shape index (κ3) is 5.29. The molecule has 1 aromatic rings. The fourth-order valence-electron chi connectivity index (χ4n) is 0.781. The van der Waals surface area contributed by atoms with Crippen molar-refractivity contribution >= 4 is 18.6 Å². The second-order valence-electron chi connectivity index (χ2n) is 2.13. The Kier molecular flexibility index (Phi) is 8.86. The van der Waals surface area contributed by atoms with Crippen LogP contribution in [0.1, 0.15) is 0 Å². The van der Waals surface area contributed by atoms with Crippen molar-refractivity contribution < 1.29 is 24.9 Å². The Morgan fingerprint density at radius 1 is 1.29 bits per heavy atom. The van der Waals surface area contributed by atoms with Crippen molar-refractivity contribution in [3.63, 3.8) is 0 Å². The van der Waals surface area contributed by atoms with Crippen LogP contribution in [0.5, 0.6) is 0 Å². The van der Waals surface area contributed by atoms with Crippen LogP contribution in [0.2, 0.25) is 0 Å². The van der Waals surface area contributed by atoms with Gasteiger partial charge in [-0.1, -0.05) is 35.8 Å². The molecule has 1 rings (SSSR count). The predicted molar refractivity (Wildman–Crippen MR) is 51.5 cm³/mol. The highest BCUT2D eigenvalue weighted by atomic mass is 19.1. The maximum atomic E-state index is 11.5. The van der Waals surface area contributed by atoms with E-state index in [9.17, 15) is 9.18 Å². The summed E-state index contributed by atoms with van der Waals surface area (Å²) in [6.45, 7) is -1.08. The molecule has 0 spiro atoms. The molecule has 0 unspecified atom stereocenters. The molecule has 0 aliphatic rings. The summed E-state index contributed by atoms with van der Waals surface area (Å²) in [6, 6.07) is 8.87. The van der Waals surface area contributed by atoms with Crippen LogP contribution in [0.4, 0.5) is 9.18 Å². The number of rotatable bonds is 3. The highest BCUT2D eigenvalue weighted by Crippen LogP contribution is 1.84. The normalized spacial score (nSPS) is 7.79. The zero-order chi connectivity index (χ0) is 8.81. The zero-order valence-electron chi connectivity index (χ0n) is 7.37. The lowest BCUT2D eigenvalue weighted by atomic mass is 9.71. The monoisotopic (exact) mass is 201 g/mol.